The highest BCUT2D eigenvalue weighted by Gasteiger charge is 2.34. The minimum absolute atomic E-state index is 0.0809. The Morgan fingerprint density at radius 3 is 1.95 bits per heavy atom. The number of nitrogens with two attached hydrogens (primary N) is 1. The van der Waals surface area contributed by atoms with Crippen LogP contribution in [0.2, 0.25) is 0 Å². The van der Waals surface area contributed by atoms with Crippen LogP contribution in [-0.2, 0) is 19.1 Å². The molecule has 0 saturated heterocycles. The standard InChI is InChI=1S/C33H55N3O5S2/c1-4-5-6-7-8-9-10-11-12-13-14-15-16-17-18-19-20-21-30(38)41-28-33(2,3)31(39)32(40)36-24-22-29(37)35-25-27-43-42-26-23-34/h5-6,8-9,11-12,14-15,17-18,31,39H,4,7,10,13,16,19-28,34H2,1-3H3,(H,35,37)(H,36,40). The van der Waals surface area contributed by atoms with Gasteiger partial charge in [0, 0.05) is 49.4 Å². The third-order valence-corrected chi connectivity index (χ3v) is 8.39. The maximum absolute atomic E-state index is 12.4. The molecule has 0 saturated carbocycles. The summed E-state index contributed by atoms with van der Waals surface area (Å²) in [4.78, 5) is 36.4. The van der Waals surface area contributed by atoms with E-state index in [1.807, 2.05) is 0 Å². The van der Waals surface area contributed by atoms with Gasteiger partial charge in [0.25, 0.3) is 0 Å². The minimum atomic E-state index is -1.37. The summed E-state index contributed by atoms with van der Waals surface area (Å²) >= 11 is 0. The van der Waals surface area contributed by atoms with Crippen LogP contribution in [0.15, 0.2) is 60.8 Å². The lowest BCUT2D eigenvalue weighted by molar-refractivity contribution is -0.153. The summed E-state index contributed by atoms with van der Waals surface area (Å²) in [5.74, 6) is 0.522. The van der Waals surface area contributed by atoms with Crippen molar-refractivity contribution >= 4 is 39.4 Å². The van der Waals surface area contributed by atoms with Gasteiger partial charge in [-0.05, 0) is 44.9 Å². The Morgan fingerprint density at radius 1 is 0.814 bits per heavy atom. The molecule has 0 aliphatic heterocycles. The number of amides is 2. The van der Waals surface area contributed by atoms with Gasteiger partial charge in [-0.1, -0.05) is 103 Å². The second-order valence-electron chi connectivity index (χ2n) is 10.5. The van der Waals surface area contributed by atoms with Gasteiger partial charge >= 0.3 is 5.97 Å². The smallest absolute Gasteiger partial charge is 0.305 e. The second-order valence-corrected chi connectivity index (χ2v) is 13.2. The van der Waals surface area contributed by atoms with Crippen molar-refractivity contribution in [3.8, 4) is 0 Å². The number of esters is 1. The van der Waals surface area contributed by atoms with Crippen LogP contribution in [0.4, 0.5) is 0 Å². The van der Waals surface area contributed by atoms with Crippen molar-refractivity contribution < 1.29 is 24.2 Å². The SMILES string of the molecule is CCC=CCC=CCC=CCC=CCC=CCCCC(=O)OCC(C)(C)C(O)C(=O)NCCC(=O)NCCSSCCN. The summed E-state index contributed by atoms with van der Waals surface area (Å²) in [7, 11) is 3.31. The summed E-state index contributed by atoms with van der Waals surface area (Å²) in [5, 5.41) is 15.8. The molecule has 1 unspecified atom stereocenters. The van der Waals surface area contributed by atoms with Crippen LogP contribution in [0.5, 0.6) is 0 Å². The van der Waals surface area contributed by atoms with Crippen molar-refractivity contribution in [1.29, 1.82) is 0 Å². The normalized spacial score (nSPS) is 13.1. The Hall–Kier alpha value is -2.27. The average Bonchev–Trinajstić information content (AvgIpc) is 2.99. The molecule has 1 atom stereocenters. The molecule has 0 aliphatic rings. The quantitative estimate of drug-likeness (QED) is 0.0405. The second kappa shape index (κ2) is 28.5. The molecule has 0 rings (SSSR count). The van der Waals surface area contributed by atoms with Gasteiger partial charge in [0.15, 0.2) is 0 Å². The topological polar surface area (TPSA) is 131 Å². The first kappa shape index (κ1) is 40.7. The monoisotopic (exact) mass is 637 g/mol. The van der Waals surface area contributed by atoms with Gasteiger partial charge in [0.2, 0.25) is 11.8 Å². The zero-order valence-electron chi connectivity index (χ0n) is 26.4. The molecular weight excluding hydrogens is 583 g/mol. The lowest BCUT2D eigenvalue weighted by atomic mass is 9.87. The number of carbonyl (C=O) groups excluding carboxylic acids is 3. The number of unbranched alkanes of at least 4 members (excludes halogenated alkanes) is 1. The van der Waals surface area contributed by atoms with Crippen molar-refractivity contribution in [1.82, 2.24) is 10.6 Å². The highest BCUT2D eigenvalue weighted by molar-refractivity contribution is 8.76. The average molecular weight is 638 g/mol. The molecule has 0 radical (unpaired) electrons. The van der Waals surface area contributed by atoms with Crippen molar-refractivity contribution in [2.75, 3.05) is 37.7 Å². The van der Waals surface area contributed by atoms with Gasteiger partial charge in [0.05, 0.1) is 6.61 Å². The summed E-state index contributed by atoms with van der Waals surface area (Å²) < 4.78 is 5.33. The van der Waals surface area contributed by atoms with E-state index in [2.05, 4.69) is 78.3 Å². The number of hydrogen-bond acceptors (Lipinski definition) is 8. The van der Waals surface area contributed by atoms with Crippen LogP contribution in [0.3, 0.4) is 0 Å². The molecule has 0 spiro atoms. The highest BCUT2D eigenvalue weighted by Crippen LogP contribution is 2.22. The van der Waals surface area contributed by atoms with Crippen LogP contribution in [-0.4, -0.2) is 66.7 Å². The number of allylic oxidation sites excluding steroid dienone is 10. The van der Waals surface area contributed by atoms with Crippen molar-refractivity contribution in [3.63, 3.8) is 0 Å². The molecule has 244 valence electrons. The van der Waals surface area contributed by atoms with E-state index in [-0.39, 0.29) is 37.9 Å². The van der Waals surface area contributed by atoms with E-state index in [9.17, 15) is 19.5 Å². The Labute approximate surface area is 267 Å². The van der Waals surface area contributed by atoms with Crippen LogP contribution in [0.1, 0.15) is 78.6 Å². The number of aliphatic hydroxyl groups is 1. The Morgan fingerprint density at radius 2 is 1.37 bits per heavy atom. The predicted octanol–water partition coefficient (Wildman–Crippen LogP) is 5.80. The molecule has 0 heterocycles. The molecule has 0 aromatic heterocycles. The number of ether oxygens (including phenoxy) is 1. The van der Waals surface area contributed by atoms with Gasteiger partial charge in [-0.25, -0.2) is 0 Å². The number of aliphatic hydroxyl groups excluding tert-OH is 1. The van der Waals surface area contributed by atoms with Gasteiger partial charge in [-0.15, -0.1) is 0 Å². The van der Waals surface area contributed by atoms with Crippen LogP contribution < -0.4 is 16.4 Å². The Bertz CT molecular complexity index is 901. The first-order chi connectivity index (χ1) is 20.7. The molecule has 43 heavy (non-hydrogen) atoms. The van der Waals surface area contributed by atoms with E-state index < -0.39 is 17.4 Å². The fourth-order valence-electron chi connectivity index (χ4n) is 3.39. The summed E-state index contributed by atoms with van der Waals surface area (Å²) in [5.41, 5.74) is 4.46. The van der Waals surface area contributed by atoms with E-state index in [4.69, 9.17) is 10.5 Å². The van der Waals surface area contributed by atoms with Gasteiger partial charge in [0.1, 0.15) is 6.10 Å². The van der Waals surface area contributed by atoms with Crippen molar-refractivity contribution in [2.45, 2.75) is 84.7 Å². The first-order valence-corrected chi connectivity index (χ1v) is 17.8. The minimum Gasteiger partial charge on any atom is -0.465 e. The van der Waals surface area contributed by atoms with E-state index >= 15 is 0 Å². The van der Waals surface area contributed by atoms with Crippen molar-refractivity contribution in [2.24, 2.45) is 11.1 Å². The molecule has 10 heteroatoms. The first-order valence-electron chi connectivity index (χ1n) is 15.3. The molecule has 0 aliphatic carbocycles. The lowest BCUT2D eigenvalue weighted by Gasteiger charge is -2.29. The third kappa shape index (κ3) is 25.9. The maximum atomic E-state index is 12.4. The lowest BCUT2D eigenvalue weighted by Crippen LogP contribution is -2.47. The van der Waals surface area contributed by atoms with Crippen LogP contribution in [0, 0.1) is 5.41 Å². The molecule has 2 amide bonds. The van der Waals surface area contributed by atoms with E-state index in [0.29, 0.717) is 19.5 Å². The zero-order chi connectivity index (χ0) is 32.0. The fourth-order valence-corrected chi connectivity index (χ4v) is 5.15. The van der Waals surface area contributed by atoms with Gasteiger partial charge in [-0.2, -0.15) is 0 Å². The number of hydrogen-bond donors (Lipinski definition) is 4. The maximum Gasteiger partial charge on any atom is 0.305 e. The molecule has 0 aromatic carbocycles. The molecule has 0 aromatic rings. The van der Waals surface area contributed by atoms with E-state index in [1.54, 1.807) is 35.4 Å². The third-order valence-electron chi connectivity index (χ3n) is 5.95. The van der Waals surface area contributed by atoms with Crippen LogP contribution in [0.25, 0.3) is 0 Å². The van der Waals surface area contributed by atoms with E-state index in [1.165, 1.54) is 0 Å². The summed E-state index contributed by atoms with van der Waals surface area (Å²) in [6.07, 6.45) is 26.8. The summed E-state index contributed by atoms with van der Waals surface area (Å²) in [6, 6.07) is 0. The van der Waals surface area contributed by atoms with Crippen molar-refractivity contribution in [3.05, 3.63) is 60.8 Å². The molecular formula is C33H55N3O5S2. The van der Waals surface area contributed by atoms with E-state index in [0.717, 1.165) is 50.0 Å². The molecule has 0 bridgehead atoms. The zero-order valence-corrected chi connectivity index (χ0v) is 28.1. The Balaban J connectivity index is 3.97. The van der Waals surface area contributed by atoms with Crippen LogP contribution >= 0.6 is 21.6 Å². The summed E-state index contributed by atoms with van der Waals surface area (Å²) in [6.45, 7) is 6.66. The van der Waals surface area contributed by atoms with Gasteiger partial charge < -0.3 is 26.2 Å². The fraction of sp³-hybridized carbons (Fsp3) is 0.606. The number of carbonyl (C=O) groups is 3. The number of rotatable bonds is 26. The molecule has 5 N–H and O–H groups in total. The van der Waals surface area contributed by atoms with Gasteiger partial charge in [-0.3, -0.25) is 14.4 Å². The highest BCUT2D eigenvalue weighted by atomic mass is 33.1. The Kier molecular flexibility index (Phi) is 27.0. The molecule has 8 nitrogen and oxygen atoms in total. The largest absolute Gasteiger partial charge is 0.465 e. The predicted molar refractivity (Wildman–Crippen MR) is 184 cm³/mol. The molecule has 0 fully saturated rings. The number of nitrogens with one attached hydrogen (secondary N) is 2.